The summed E-state index contributed by atoms with van der Waals surface area (Å²) in [5.74, 6) is 1.59. The van der Waals surface area contributed by atoms with Crippen molar-refractivity contribution < 1.29 is 24.2 Å². The number of rotatable bonds is 6. The Morgan fingerprint density at radius 3 is 2.21 bits per heavy atom. The Morgan fingerprint density at radius 1 is 0.792 bits per heavy atom. The van der Waals surface area contributed by atoms with Gasteiger partial charge in [0.15, 0.2) is 0 Å². The van der Waals surface area contributed by atoms with E-state index in [2.05, 4.69) is 52.8 Å². The third kappa shape index (κ3) is 4.65. The summed E-state index contributed by atoms with van der Waals surface area (Å²) in [5, 5.41) is 11.1. The van der Waals surface area contributed by atoms with Crippen LogP contribution in [0.2, 0.25) is 0 Å². The Balaban J connectivity index is 1.19. The molecule has 0 amide bonds. The van der Waals surface area contributed by atoms with Gasteiger partial charge in [0.05, 0.1) is 18.1 Å². The molecule has 5 aliphatic rings. The molecule has 4 fully saturated rings. The second-order valence-electron chi connectivity index (χ2n) is 17.4. The fourth-order valence-corrected chi connectivity index (χ4v) is 13.1. The number of methoxy groups -OCH3 is 1. The number of allylic oxidation sites excluding steroid dienone is 1. The van der Waals surface area contributed by atoms with Gasteiger partial charge in [-0.15, -0.1) is 0 Å². The molecule has 2 aromatic rings. The molecule has 0 heterocycles. The average Bonchev–Trinajstić information content (AvgIpc) is 3.53. The van der Waals surface area contributed by atoms with E-state index in [1.165, 1.54) is 19.1 Å². The van der Waals surface area contributed by atoms with Crippen LogP contribution < -0.4 is 0 Å². The fraction of sp³-hybridized carbons (Fsp3) is 0.628. The number of fused-ring (bicyclic) bond motifs is 7. The van der Waals surface area contributed by atoms with Crippen LogP contribution in [0.3, 0.4) is 0 Å². The van der Waals surface area contributed by atoms with E-state index in [-0.39, 0.29) is 51.5 Å². The van der Waals surface area contributed by atoms with Gasteiger partial charge in [0.1, 0.15) is 6.61 Å². The molecule has 0 saturated heterocycles. The molecule has 4 saturated carbocycles. The van der Waals surface area contributed by atoms with E-state index in [4.69, 9.17) is 9.47 Å². The van der Waals surface area contributed by atoms with Gasteiger partial charge in [0.2, 0.25) is 0 Å². The van der Waals surface area contributed by atoms with Crippen LogP contribution in [0, 0.1) is 56.7 Å². The predicted molar refractivity (Wildman–Crippen MR) is 189 cm³/mol. The summed E-state index contributed by atoms with van der Waals surface area (Å²) in [5.41, 5.74) is 3.80. The molecule has 9 atom stereocenters. The zero-order valence-corrected chi connectivity index (χ0v) is 30.0. The minimum absolute atomic E-state index is 0.0468. The van der Waals surface area contributed by atoms with Gasteiger partial charge in [0.25, 0.3) is 0 Å². The highest BCUT2D eigenvalue weighted by Crippen LogP contribution is 2.77. The first-order chi connectivity index (χ1) is 22.9. The molecular formula is C43H56O5. The molecule has 5 nitrogen and oxygen atoms in total. The van der Waals surface area contributed by atoms with E-state index in [9.17, 15) is 14.7 Å². The van der Waals surface area contributed by atoms with Crippen molar-refractivity contribution in [2.24, 2.45) is 56.7 Å². The van der Waals surface area contributed by atoms with Crippen LogP contribution in [-0.2, 0) is 20.9 Å². The molecule has 0 aliphatic heterocycles. The maximum atomic E-state index is 14.0. The zero-order valence-electron chi connectivity index (χ0n) is 30.0. The van der Waals surface area contributed by atoms with Gasteiger partial charge in [0, 0.05) is 12.5 Å². The predicted octanol–water partition coefficient (Wildman–Crippen LogP) is 9.28. The van der Waals surface area contributed by atoms with Crippen LogP contribution in [0.4, 0.5) is 0 Å². The van der Waals surface area contributed by atoms with E-state index >= 15 is 0 Å². The van der Waals surface area contributed by atoms with Crippen molar-refractivity contribution in [2.75, 3.05) is 13.7 Å². The van der Waals surface area contributed by atoms with E-state index in [0.717, 1.165) is 62.5 Å². The summed E-state index contributed by atoms with van der Waals surface area (Å²) in [6.45, 7) is 13.0. The fourth-order valence-electron chi connectivity index (χ4n) is 13.1. The smallest absolute Gasteiger partial charge is 0.337 e. The number of carbonyl (C=O) groups is 2. The Kier molecular flexibility index (Phi) is 8.29. The first-order valence-corrected chi connectivity index (χ1v) is 18.6. The van der Waals surface area contributed by atoms with Gasteiger partial charge in [-0.05, 0) is 126 Å². The third-order valence-electron chi connectivity index (χ3n) is 15.7. The van der Waals surface area contributed by atoms with Crippen LogP contribution in [0.25, 0.3) is 5.57 Å². The minimum Gasteiger partial charge on any atom is -0.465 e. The molecule has 2 aromatic carbocycles. The highest BCUT2D eigenvalue weighted by atomic mass is 16.5. The number of ether oxygens (including phenoxy) is 2. The van der Waals surface area contributed by atoms with Gasteiger partial charge < -0.3 is 14.6 Å². The molecular weight excluding hydrogens is 596 g/mol. The molecule has 258 valence electrons. The Hall–Kier alpha value is -2.92. The van der Waals surface area contributed by atoms with Gasteiger partial charge in [-0.2, -0.15) is 0 Å². The largest absolute Gasteiger partial charge is 0.465 e. The van der Waals surface area contributed by atoms with Crippen molar-refractivity contribution in [2.45, 2.75) is 99.0 Å². The van der Waals surface area contributed by atoms with Crippen molar-refractivity contribution in [3.8, 4) is 0 Å². The van der Waals surface area contributed by atoms with Gasteiger partial charge in [-0.1, -0.05) is 89.6 Å². The second-order valence-corrected chi connectivity index (χ2v) is 17.4. The van der Waals surface area contributed by atoms with Gasteiger partial charge >= 0.3 is 11.9 Å². The quantitative estimate of drug-likeness (QED) is 0.315. The standard InChI is InChI=1S/C43H56O5/c1-39(2)34(29-14-16-30(17-15-29)37(45)47-6)25-31(26-44)42(5)35(39)20-22-41(4)36(42)19-18-32-33-13-10-21-43(33,24-23-40(32,41)3)38(46)48-27-28-11-8-7-9-12-28/h7-9,11-12,14-17,25,31-33,35-36,44H,10,13,18-24,26-27H2,1-6H3/t31?,32-,33-,35?,36?,40-,41-,42+,43+/m1/s1. The lowest BCUT2D eigenvalue weighted by molar-refractivity contribution is -0.237. The first-order valence-electron chi connectivity index (χ1n) is 18.6. The van der Waals surface area contributed by atoms with E-state index in [1.807, 2.05) is 42.5 Å². The normalized spacial score (nSPS) is 39.6. The Labute approximate surface area is 287 Å². The minimum atomic E-state index is -0.342. The molecule has 0 radical (unpaired) electrons. The molecule has 5 heteroatoms. The van der Waals surface area contributed by atoms with Crippen LogP contribution in [0.1, 0.15) is 114 Å². The summed E-state index contributed by atoms with van der Waals surface area (Å²) < 4.78 is 11.1. The monoisotopic (exact) mass is 652 g/mol. The molecule has 3 unspecified atom stereocenters. The van der Waals surface area contributed by atoms with Crippen molar-refractivity contribution in [1.29, 1.82) is 0 Å². The molecule has 0 spiro atoms. The molecule has 0 bridgehead atoms. The molecule has 5 aliphatic carbocycles. The average molecular weight is 653 g/mol. The topological polar surface area (TPSA) is 72.8 Å². The van der Waals surface area contributed by atoms with Crippen LogP contribution in [0.5, 0.6) is 0 Å². The SMILES string of the molecule is COC(=O)c1ccc(C2=CC(CO)[C@@]3(C)C(CC[C@]4(C)C3CC[C@@H]3[C@H]5CCC[C@]5(C(=O)OCc5ccccc5)CC[C@]34C)C2(C)C)cc1. The van der Waals surface area contributed by atoms with Crippen molar-refractivity contribution in [3.63, 3.8) is 0 Å². The summed E-state index contributed by atoms with van der Waals surface area (Å²) in [7, 11) is 1.42. The Bertz CT molecular complexity index is 1580. The lowest BCUT2D eigenvalue weighted by Crippen LogP contribution is -2.67. The maximum absolute atomic E-state index is 14.0. The lowest BCUT2D eigenvalue weighted by Gasteiger charge is -2.73. The number of aliphatic hydroxyl groups is 1. The lowest BCUT2D eigenvalue weighted by atomic mass is 9.31. The second kappa shape index (κ2) is 11.9. The van der Waals surface area contributed by atoms with Crippen LogP contribution >= 0.6 is 0 Å². The molecule has 0 aromatic heterocycles. The van der Waals surface area contributed by atoms with Crippen LogP contribution in [0.15, 0.2) is 60.7 Å². The molecule has 1 N–H and O–H groups in total. The summed E-state index contributed by atoms with van der Waals surface area (Å²) in [6, 6.07) is 17.9. The summed E-state index contributed by atoms with van der Waals surface area (Å²) in [4.78, 5) is 26.2. The number of hydrogen-bond acceptors (Lipinski definition) is 5. The van der Waals surface area contributed by atoms with E-state index < -0.39 is 0 Å². The maximum Gasteiger partial charge on any atom is 0.337 e. The van der Waals surface area contributed by atoms with Gasteiger partial charge in [-0.3, -0.25) is 4.79 Å². The van der Waals surface area contributed by atoms with Crippen molar-refractivity contribution >= 4 is 17.5 Å². The zero-order chi connectivity index (χ0) is 34.1. The van der Waals surface area contributed by atoms with Crippen LogP contribution in [-0.4, -0.2) is 30.8 Å². The van der Waals surface area contributed by atoms with E-state index in [1.54, 1.807) is 0 Å². The first kappa shape index (κ1) is 33.6. The summed E-state index contributed by atoms with van der Waals surface area (Å²) >= 11 is 0. The highest BCUT2D eigenvalue weighted by Gasteiger charge is 2.71. The molecule has 7 rings (SSSR count). The number of esters is 2. The summed E-state index contributed by atoms with van der Waals surface area (Å²) in [6.07, 6.45) is 12.2. The number of benzene rings is 2. The van der Waals surface area contributed by atoms with Crippen molar-refractivity contribution in [3.05, 3.63) is 77.4 Å². The highest BCUT2D eigenvalue weighted by molar-refractivity contribution is 5.90. The third-order valence-corrected chi connectivity index (χ3v) is 15.7. The molecule has 48 heavy (non-hydrogen) atoms. The van der Waals surface area contributed by atoms with Gasteiger partial charge in [-0.25, -0.2) is 4.79 Å². The number of carbonyl (C=O) groups excluding carboxylic acids is 2. The van der Waals surface area contributed by atoms with Crippen molar-refractivity contribution in [1.82, 2.24) is 0 Å². The van der Waals surface area contributed by atoms with E-state index in [0.29, 0.717) is 35.8 Å². The number of aliphatic hydroxyl groups excluding tert-OH is 1. The number of hydrogen-bond donors (Lipinski definition) is 1. The Morgan fingerprint density at radius 2 is 1.52 bits per heavy atom.